The van der Waals surface area contributed by atoms with Crippen molar-refractivity contribution < 1.29 is 23.8 Å². The number of amides is 1. The maximum absolute atomic E-state index is 11.9. The lowest BCUT2D eigenvalue weighted by Gasteiger charge is -2.11. The van der Waals surface area contributed by atoms with Crippen molar-refractivity contribution in [3.05, 3.63) is 65.7 Å². The molecular formula is C20H21NO5. The van der Waals surface area contributed by atoms with Crippen molar-refractivity contribution in [3.63, 3.8) is 0 Å². The van der Waals surface area contributed by atoms with E-state index in [2.05, 4.69) is 10.1 Å². The van der Waals surface area contributed by atoms with Crippen LogP contribution in [-0.2, 0) is 20.9 Å². The van der Waals surface area contributed by atoms with Crippen LogP contribution in [0, 0.1) is 0 Å². The number of nitrogens with one attached hydrogen (secondary N) is 1. The molecule has 0 saturated heterocycles. The first-order valence-corrected chi connectivity index (χ1v) is 8.00. The van der Waals surface area contributed by atoms with E-state index in [1.165, 1.54) is 20.3 Å². The maximum atomic E-state index is 11.9. The number of rotatable bonds is 8. The van der Waals surface area contributed by atoms with Gasteiger partial charge < -0.3 is 19.5 Å². The van der Waals surface area contributed by atoms with Gasteiger partial charge >= 0.3 is 5.97 Å². The molecule has 0 spiro atoms. The number of carbonyl (C=O) groups is 2. The number of hydrogen-bond acceptors (Lipinski definition) is 5. The first kappa shape index (κ1) is 19.1. The van der Waals surface area contributed by atoms with E-state index in [1.807, 2.05) is 30.3 Å². The third-order valence-corrected chi connectivity index (χ3v) is 3.49. The molecule has 26 heavy (non-hydrogen) atoms. The fraction of sp³-hybridized carbons (Fsp3) is 0.200. The second-order valence-corrected chi connectivity index (χ2v) is 5.32. The molecule has 0 unspecified atom stereocenters. The van der Waals surface area contributed by atoms with Crippen LogP contribution in [0.25, 0.3) is 6.08 Å². The summed E-state index contributed by atoms with van der Waals surface area (Å²) >= 11 is 0. The van der Waals surface area contributed by atoms with Gasteiger partial charge in [-0.3, -0.25) is 4.79 Å². The Hall–Kier alpha value is -3.28. The Kier molecular flexibility index (Phi) is 7.24. The summed E-state index contributed by atoms with van der Waals surface area (Å²) in [7, 11) is 2.82. The van der Waals surface area contributed by atoms with E-state index in [9.17, 15) is 9.59 Å². The first-order valence-electron chi connectivity index (χ1n) is 8.00. The molecule has 2 aromatic rings. The number of benzene rings is 2. The average Bonchev–Trinajstić information content (AvgIpc) is 2.69. The molecule has 0 aliphatic rings. The van der Waals surface area contributed by atoms with Gasteiger partial charge in [-0.2, -0.15) is 0 Å². The zero-order chi connectivity index (χ0) is 18.8. The van der Waals surface area contributed by atoms with Crippen molar-refractivity contribution in [3.8, 4) is 11.5 Å². The highest BCUT2D eigenvalue weighted by molar-refractivity contribution is 5.87. The first-order chi connectivity index (χ1) is 12.6. The van der Waals surface area contributed by atoms with Gasteiger partial charge in [0.25, 0.3) is 5.91 Å². The molecule has 0 aromatic heterocycles. The summed E-state index contributed by atoms with van der Waals surface area (Å²) < 4.78 is 15.3. The molecule has 0 radical (unpaired) electrons. The largest absolute Gasteiger partial charge is 0.493 e. The van der Waals surface area contributed by atoms with Gasteiger partial charge in [0.2, 0.25) is 0 Å². The van der Waals surface area contributed by atoms with Gasteiger partial charge in [-0.15, -0.1) is 0 Å². The van der Waals surface area contributed by atoms with Gasteiger partial charge in [0.05, 0.1) is 14.2 Å². The fourth-order valence-corrected chi connectivity index (χ4v) is 2.13. The van der Waals surface area contributed by atoms with E-state index >= 15 is 0 Å². The van der Waals surface area contributed by atoms with Gasteiger partial charge in [0, 0.05) is 12.6 Å². The summed E-state index contributed by atoms with van der Waals surface area (Å²) in [5.74, 6) is 0.232. The summed E-state index contributed by atoms with van der Waals surface area (Å²) in [5, 5.41) is 2.79. The summed E-state index contributed by atoms with van der Waals surface area (Å²) in [4.78, 5) is 23.1. The number of methoxy groups -OCH3 is 2. The molecule has 6 heteroatoms. The summed E-state index contributed by atoms with van der Waals surface area (Å²) in [6.07, 6.45) is 2.91. The summed E-state index contributed by atoms with van der Waals surface area (Å²) in [6.45, 7) is 0.317. The number of ether oxygens (including phenoxy) is 3. The molecule has 0 atom stereocenters. The Bertz CT molecular complexity index is 771. The molecule has 6 nitrogen and oxygen atoms in total. The van der Waals surface area contributed by atoms with Gasteiger partial charge in [-0.05, 0) is 29.3 Å². The standard InChI is InChI=1S/C20H21NO5/c1-24-18-12-15(9-11-20(23)25-2)8-10-17(18)26-14-19(22)21-13-16-6-4-3-5-7-16/h3-12H,13-14H2,1-2H3,(H,21,22)/b11-9+. The van der Waals surface area contributed by atoms with Crippen LogP contribution < -0.4 is 14.8 Å². The minimum atomic E-state index is -0.445. The third-order valence-electron chi connectivity index (χ3n) is 3.49. The molecule has 0 fully saturated rings. The van der Waals surface area contributed by atoms with E-state index in [-0.39, 0.29) is 12.5 Å². The average molecular weight is 355 g/mol. The number of carbonyl (C=O) groups excluding carboxylic acids is 2. The van der Waals surface area contributed by atoms with Crippen molar-refractivity contribution in [2.24, 2.45) is 0 Å². The highest BCUT2D eigenvalue weighted by Crippen LogP contribution is 2.28. The van der Waals surface area contributed by atoms with Crippen molar-refractivity contribution in [2.45, 2.75) is 6.54 Å². The molecule has 0 heterocycles. The van der Waals surface area contributed by atoms with Crippen LogP contribution >= 0.6 is 0 Å². The van der Waals surface area contributed by atoms with Gasteiger partial charge in [0.1, 0.15) is 0 Å². The van der Waals surface area contributed by atoms with Crippen molar-refractivity contribution >= 4 is 18.0 Å². The van der Waals surface area contributed by atoms with E-state index < -0.39 is 5.97 Å². The smallest absolute Gasteiger partial charge is 0.330 e. The Morgan fingerprint density at radius 1 is 1.04 bits per heavy atom. The Morgan fingerprint density at radius 3 is 2.50 bits per heavy atom. The second-order valence-electron chi connectivity index (χ2n) is 5.32. The lowest BCUT2D eigenvalue weighted by atomic mass is 10.2. The Labute approximate surface area is 152 Å². The lowest BCUT2D eigenvalue weighted by Crippen LogP contribution is -2.28. The highest BCUT2D eigenvalue weighted by Gasteiger charge is 2.08. The predicted octanol–water partition coefficient (Wildman–Crippen LogP) is 2.58. The van der Waals surface area contributed by atoms with E-state index in [1.54, 1.807) is 24.3 Å². The molecular weight excluding hydrogens is 334 g/mol. The number of hydrogen-bond donors (Lipinski definition) is 1. The monoisotopic (exact) mass is 355 g/mol. The Morgan fingerprint density at radius 2 is 1.81 bits per heavy atom. The van der Waals surface area contributed by atoms with Crippen LogP contribution in [0.1, 0.15) is 11.1 Å². The van der Waals surface area contributed by atoms with E-state index in [0.717, 1.165) is 11.1 Å². The molecule has 1 N–H and O–H groups in total. The molecule has 136 valence electrons. The zero-order valence-corrected chi connectivity index (χ0v) is 14.7. The summed E-state index contributed by atoms with van der Waals surface area (Å²) in [6, 6.07) is 14.8. The topological polar surface area (TPSA) is 73.9 Å². The number of esters is 1. The van der Waals surface area contributed by atoms with Crippen molar-refractivity contribution in [1.82, 2.24) is 5.32 Å². The van der Waals surface area contributed by atoms with E-state index in [4.69, 9.17) is 9.47 Å². The Balaban J connectivity index is 1.91. The lowest BCUT2D eigenvalue weighted by molar-refractivity contribution is -0.134. The van der Waals surface area contributed by atoms with Crippen LogP contribution in [-0.4, -0.2) is 32.7 Å². The van der Waals surface area contributed by atoms with Gasteiger partial charge in [-0.1, -0.05) is 36.4 Å². The second kappa shape index (κ2) is 9.88. The maximum Gasteiger partial charge on any atom is 0.330 e. The minimum Gasteiger partial charge on any atom is -0.493 e. The van der Waals surface area contributed by atoms with Crippen LogP contribution in [0.2, 0.25) is 0 Å². The molecule has 0 aliphatic heterocycles. The van der Waals surface area contributed by atoms with Gasteiger partial charge in [-0.25, -0.2) is 4.79 Å². The predicted molar refractivity (Wildman–Crippen MR) is 97.8 cm³/mol. The normalized spacial score (nSPS) is 10.4. The van der Waals surface area contributed by atoms with Crippen LogP contribution in [0.4, 0.5) is 0 Å². The highest BCUT2D eigenvalue weighted by atomic mass is 16.5. The van der Waals surface area contributed by atoms with Crippen LogP contribution in [0.15, 0.2) is 54.6 Å². The molecule has 2 aromatic carbocycles. The van der Waals surface area contributed by atoms with E-state index in [0.29, 0.717) is 18.0 Å². The third kappa shape index (κ3) is 5.98. The zero-order valence-electron chi connectivity index (χ0n) is 14.7. The molecule has 2 rings (SSSR count). The summed E-state index contributed by atoms with van der Waals surface area (Å²) in [5.41, 5.74) is 1.76. The fourth-order valence-electron chi connectivity index (χ4n) is 2.13. The molecule has 0 saturated carbocycles. The van der Waals surface area contributed by atoms with Crippen molar-refractivity contribution in [1.29, 1.82) is 0 Å². The molecule has 1 amide bonds. The van der Waals surface area contributed by atoms with Crippen LogP contribution in [0.5, 0.6) is 11.5 Å². The minimum absolute atomic E-state index is 0.124. The SMILES string of the molecule is COC(=O)/C=C/c1ccc(OCC(=O)NCc2ccccc2)c(OC)c1. The van der Waals surface area contributed by atoms with Gasteiger partial charge in [0.15, 0.2) is 18.1 Å². The molecule has 0 aliphatic carbocycles. The quantitative estimate of drug-likeness (QED) is 0.582. The molecule has 0 bridgehead atoms. The van der Waals surface area contributed by atoms with Crippen molar-refractivity contribution in [2.75, 3.05) is 20.8 Å². The van der Waals surface area contributed by atoms with Crippen LogP contribution in [0.3, 0.4) is 0 Å².